The summed E-state index contributed by atoms with van der Waals surface area (Å²) < 4.78 is 0. The molecule has 1 aliphatic carbocycles. The van der Waals surface area contributed by atoms with Gasteiger partial charge >= 0.3 is 0 Å². The van der Waals surface area contributed by atoms with Gasteiger partial charge in [-0.05, 0) is 219 Å². The van der Waals surface area contributed by atoms with E-state index < -0.39 is 48.4 Å². The lowest BCUT2D eigenvalue weighted by atomic mass is 9.65. The fraction of sp³-hybridized carbons (Fsp3) is 0.367. The third-order valence-electron chi connectivity index (χ3n) is 25.5. The molecular formula is C109H137N3Si6. The summed E-state index contributed by atoms with van der Waals surface area (Å²) in [5.41, 5.74) is 31.3. The maximum Gasteiger partial charge on any atom is 0.0776 e. The minimum Gasteiger partial charge on any atom is -0.256 e. The molecule has 0 radical (unpaired) electrons. The average molecular weight is 1660 g/mol. The molecule has 0 saturated heterocycles. The van der Waals surface area contributed by atoms with Crippen molar-refractivity contribution in [3.05, 3.63) is 270 Å². The van der Waals surface area contributed by atoms with Crippen LogP contribution in [0.3, 0.4) is 0 Å². The number of hydrogen-bond acceptors (Lipinski definition) is 3. The van der Waals surface area contributed by atoms with Crippen LogP contribution >= 0.6 is 0 Å². The van der Waals surface area contributed by atoms with Crippen LogP contribution in [-0.4, -0.2) is 63.4 Å². The van der Waals surface area contributed by atoms with Crippen LogP contribution in [0.1, 0.15) is 159 Å². The first kappa shape index (κ1) is 87.5. The Balaban J connectivity index is 1.10. The number of hydrogen-bond donors (Lipinski definition) is 0. The van der Waals surface area contributed by atoms with Gasteiger partial charge in [0.15, 0.2) is 0 Å². The second-order valence-corrected chi connectivity index (χ2v) is 75.7. The van der Waals surface area contributed by atoms with E-state index in [1.807, 2.05) is 18.6 Å². The van der Waals surface area contributed by atoms with E-state index in [-0.39, 0.29) is 39.4 Å². The van der Waals surface area contributed by atoms with Crippen molar-refractivity contribution in [1.29, 1.82) is 0 Å². The van der Waals surface area contributed by atoms with E-state index in [2.05, 4.69) is 413 Å². The minimum absolute atomic E-state index is 0.0378. The van der Waals surface area contributed by atoms with Gasteiger partial charge in [0.2, 0.25) is 0 Å². The second kappa shape index (κ2) is 32.3. The van der Waals surface area contributed by atoms with E-state index in [1.165, 1.54) is 137 Å². The largest absolute Gasteiger partial charge is 0.256 e. The predicted octanol–water partition coefficient (Wildman–Crippen LogP) is 28.2. The van der Waals surface area contributed by atoms with Crippen LogP contribution in [0.15, 0.2) is 231 Å². The Labute approximate surface area is 719 Å². The molecule has 0 spiro atoms. The first-order valence-electron chi connectivity index (χ1n) is 43.9. The molecule has 1 aliphatic rings. The highest BCUT2D eigenvalue weighted by molar-refractivity contribution is 6.93. The van der Waals surface area contributed by atoms with Crippen molar-refractivity contribution in [2.75, 3.05) is 0 Å². The molecule has 1 saturated carbocycles. The maximum atomic E-state index is 5.21. The Bertz CT molecular complexity index is 5420. The van der Waals surface area contributed by atoms with Crippen LogP contribution in [0.4, 0.5) is 0 Å². The summed E-state index contributed by atoms with van der Waals surface area (Å²) in [6.07, 6.45) is 9.01. The van der Waals surface area contributed by atoms with Crippen molar-refractivity contribution >= 4 is 79.6 Å². The molecule has 118 heavy (non-hydrogen) atoms. The number of benzene rings is 9. The van der Waals surface area contributed by atoms with Gasteiger partial charge in [0.25, 0.3) is 0 Å². The predicted molar refractivity (Wildman–Crippen MR) is 536 cm³/mol. The lowest BCUT2D eigenvalue weighted by Crippen LogP contribution is -2.45. The van der Waals surface area contributed by atoms with Gasteiger partial charge in [0.1, 0.15) is 0 Å². The van der Waals surface area contributed by atoms with Crippen molar-refractivity contribution in [3.8, 4) is 101 Å². The zero-order chi connectivity index (χ0) is 85.7. The number of pyridine rings is 3. The smallest absolute Gasteiger partial charge is 0.0776 e. The van der Waals surface area contributed by atoms with Gasteiger partial charge in [0, 0.05) is 35.3 Å². The van der Waals surface area contributed by atoms with E-state index in [9.17, 15) is 0 Å². The fourth-order valence-electron chi connectivity index (χ4n) is 17.5. The molecule has 1 fully saturated rings. The van der Waals surface area contributed by atoms with Gasteiger partial charge in [0.05, 0.1) is 65.5 Å². The highest BCUT2D eigenvalue weighted by atomic mass is 28.3. The Morgan fingerprint density at radius 1 is 0.212 bits per heavy atom. The summed E-state index contributed by atoms with van der Waals surface area (Å²) >= 11 is 0. The van der Waals surface area contributed by atoms with E-state index in [1.54, 1.807) is 0 Å². The van der Waals surface area contributed by atoms with E-state index in [4.69, 9.17) is 15.0 Å². The second-order valence-electron chi connectivity index (χ2n) is 45.2. The summed E-state index contributed by atoms with van der Waals surface area (Å²) in [7, 11) is -11.0. The van der Waals surface area contributed by atoms with Crippen LogP contribution in [0, 0.1) is 0 Å². The third kappa shape index (κ3) is 19.4. The summed E-state index contributed by atoms with van der Waals surface area (Å²) in [6.45, 7) is 73.5. The molecule has 3 aromatic heterocycles. The van der Waals surface area contributed by atoms with Crippen molar-refractivity contribution in [1.82, 2.24) is 15.0 Å². The summed E-state index contributed by atoms with van der Waals surface area (Å²) in [5.74, 6) is 0.445. The first-order chi connectivity index (χ1) is 54.7. The molecule has 9 aromatic carbocycles. The molecule has 12 aromatic rings. The Morgan fingerprint density at radius 2 is 0.458 bits per heavy atom. The Hall–Kier alpha value is -8.27. The van der Waals surface area contributed by atoms with Crippen LogP contribution in [-0.2, 0) is 21.7 Å². The molecule has 3 heterocycles. The van der Waals surface area contributed by atoms with Crippen molar-refractivity contribution < 1.29 is 0 Å². The number of aromatic nitrogens is 3. The van der Waals surface area contributed by atoms with Gasteiger partial charge in [-0.3, -0.25) is 15.0 Å². The van der Waals surface area contributed by atoms with Gasteiger partial charge in [-0.25, -0.2) is 0 Å². The van der Waals surface area contributed by atoms with E-state index >= 15 is 0 Å². The lowest BCUT2D eigenvalue weighted by molar-refractivity contribution is 0.352. The van der Waals surface area contributed by atoms with Crippen LogP contribution < -0.4 is 31.1 Å². The molecule has 2 atom stereocenters. The SMILES string of the molecule is CC(C)(C)c1ccnc(-c2ccc(-c3ccccc3C3CC(c4ccccc4-c4ccc(-c5cc(C(C)(C)C)ccn5)cc4-c4cc([Si](C)(C)C)cc([Si](C)(C)C)c4)CC(c4ccc(C(C)(C)C)cc4-c4ccc(-c5cc(C(C)(C)C)ccn5)cc4-c4cc([Si](C)(C)C)cc([Si](C)(C)C)c4)C3)c(-c3cc([Si](C)(C)C)cc([Si](C)(C)C)c3)c2)c1. The molecule has 3 nitrogen and oxygen atoms in total. The van der Waals surface area contributed by atoms with Gasteiger partial charge < -0.3 is 0 Å². The summed E-state index contributed by atoms with van der Waals surface area (Å²) in [6, 6.07) is 86.4. The van der Waals surface area contributed by atoms with Gasteiger partial charge in [-0.1, -0.05) is 390 Å². The topological polar surface area (TPSA) is 38.7 Å². The summed E-state index contributed by atoms with van der Waals surface area (Å²) in [4.78, 5) is 15.6. The monoisotopic (exact) mass is 1660 g/mol. The highest BCUT2D eigenvalue weighted by Gasteiger charge is 2.38. The maximum absolute atomic E-state index is 5.21. The van der Waals surface area contributed by atoms with Crippen LogP contribution in [0.2, 0.25) is 118 Å². The summed E-state index contributed by atoms with van der Waals surface area (Å²) in [5, 5.41) is 9.08. The molecule has 2 unspecified atom stereocenters. The quantitative estimate of drug-likeness (QED) is 0.0804. The van der Waals surface area contributed by atoms with Gasteiger partial charge in [-0.15, -0.1) is 0 Å². The Kier molecular flexibility index (Phi) is 23.9. The van der Waals surface area contributed by atoms with E-state index in [0.29, 0.717) is 0 Å². The molecule has 0 N–H and O–H groups in total. The molecule has 13 rings (SSSR count). The molecule has 0 amide bonds. The number of nitrogens with zero attached hydrogens (tertiary/aromatic N) is 3. The molecule has 9 heteroatoms. The average Bonchev–Trinajstić information content (AvgIpc) is 0.749. The third-order valence-corrected chi connectivity index (χ3v) is 37.6. The van der Waals surface area contributed by atoms with Crippen molar-refractivity contribution in [2.24, 2.45) is 0 Å². The molecule has 0 aliphatic heterocycles. The zero-order valence-corrected chi connectivity index (χ0v) is 83.6. The molecule has 612 valence electrons. The first-order valence-corrected chi connectivity index (χ1v) is 64.9. The number of rotatable bonds is 18. The normalized spacial score (nSPS) is 15.7. The van der Waals surface area contributed by atoms with Crippen molar-refractivity contribution in [3.63, 3.8) is 0 Å². The van der Waals surface area contributed by atoms with Crippen molar-refractivity contribution in [2.45, 2.75) is 260 Å². The lowest BCUT2D eigenvalue weighted by Gasteiger charge is -2.39. The molecular weight excluding hydrogens is 1520 g/mol. The Morgan fingerprint density at radius 3 is 0.720 bits per heavy atom. The fourth-order valence-corrected chi connectivity index (χ4v) is 25.0. The minimum atomic E-state index is -1.85. The van der Waals surface area contributed by atoms with Crippen LogP contribution in [0.5, 0.6) is 0 Å². The van der Waals surface area contributed by atoms with E-state index in [0.717, 1.165) is 53.0 Å². The van der Waals surface area contributed by atoms with Gasteiger partial charge in [-0.2, -0.15) is 0 Å². The molecule has 0 bridgehead atoms. The standard InChI is InChI=1S/C109H137N3Si6/c1-106(2,3)81-42-46-93(102(65-81)98-45-41-74(105-68-84(49-52-112-105)109(10,11)12)64-101(98)80-60-89(117(25,26)27)71-90(61-80)118(28,29)30)77-54-75(91-35-31-33-37-94(91)96-43-39-72(103-66-82(47-50-110-103)107(4,5)6)62-99(96)78-56-85(113(13,14)15)69-86(57-78)114(16,17)18)53-76(55-77)92-36-32-34-38-95(92)97-44-40-73(104-67-83(48-51-111-104)108(7,8)9)63-100(97)79-58-87(115(19,20)21)70-88(59-79)116(22,23)24/h31-52,56-71,75-77H,53-55H2,1-30H3. The highest BCUT2D eigenvalue weighted by Crippen LogP contribution is 2.55. The van der Waals surface area contributed by atoms with Crippen LogP contribution in [0.25, 0.3) is 101 Å². The zero-order valence-electron chi connectivity index (χ0n) is 77.6.